The Morgan fingerprint density at radius 1 is 1.32 bits per heavy atom. The number of hydrogen-bond acceptors (Lipinski definition) is 5. The third kappa shape index (κ3) is 2.99. The van der Waals surface area contributed by atoms with Crippen LogP contribution in [0.25, 0.3) is 0 Å². The molecule has 1 aliphatic heterocycles. The third-order valence-electron chi connectivity index (χ3n) is 4.17. The van der Waals surface area contributed by atoms with Gasteiger partial charge in [0, 0.05) is 24.8 Å². The summed E-state index contributed by atoms with van der Waals surface area (Å²) < 4.78 is 3.78. The molecule has 0 spiro atoms. The molecule has 0 bridgehead atoms. The number of nitriles is 1. The lowest BCUT2D eigenvalue weighted by Gasteiger charge is -2.27. The minimum atomic E-state index is -0.0795. The predicted octanol–water partition coefficient (Wildman–Crippen LogP) is 1.05. The molecule has 2 aromatic heterocycles. The maximum absolute atomic E-state index is 12.7. The van der Waals surface area contributed by atoms with E-state index in [1.165, 1.54) is 6.33 Å². The van der Waals surface area contributed by atoms with Crippen molar-refractivity contribution in [1.29, 1.82) is 5.26 Å². The number of amides is 1. The number of aromatic nitrogens is 5. The highest BCUT2D eigenvalue weighted by molar-refractivity contribution is 5.94. The summed E-state index contributed by atoms with van der Waals surface area (Å²) >= 11 is 0. The topological polar surface area (TPSA) is 92.6 Å². The number of carbonyl (C=O) groups excluding carboxylic acids is 1. The molecule has 0 N–H and O–H groups in total. The maximum atomic E-state index is 12.7. The largest absolute Gasteiger partial charge is 0.331 e. The van der Waals surface area contributed by atoms with Crippen molar-refractivity contribution in [3.63, 3.8) is 0 Å². The Morgan fingerprint density at radius 3 is 3.04 bits per heavy atom. The molecule has 25 heavy (non-hydrogen) atoms. The molecule has 0 atom stereocenters. The van der Waals surface area contributed by atoms with E-state index in [4.69, 9.17) is 5.26 Å². The van der Waals surface area contributed by atoms with Gasteiger partial charge in [-0.3, -0.25) is 4.79 Å². The van der Waals surface area contributed by atoms with Crippen molar-refractivity contribution >= 4 is 5.91 Å². The normalized spacial score (nSPS) is 13.3. The van der Waals surface area contributed by atoms with E-state index in [0.29, 0.717) is 37.3 Å². The lowest BCUT2D eigenvalue weighted by Crippen LogP contribution is -2.38. The van der Waals surface area contributed by atoms with Gasteiger partial charge in [-0.1, -0.05) is 6.07 Å². The maximum Gasteiger partial charge on any atom is 0.254 e. The smallest absolute Gasteiger partial charge is 0.254 e. The summed E-state index contributed by atoms with van der Waals surface area (Å²) in [5, 5.41) is 13.1. The van der Waals surface area contributed by atoms with Gasteiger partial charge in [-0.05, 0) is 18.2 Å². The molecule has 1 aliphatic rings. The molecule has 0 fully saturated rings. The van der Waals surface area contributed by atoms with Gasteiger partial charge in [0.15, 0.2) is 0 Å². The van der Waals surface area contributed by atoms with Crippen molar-refractivity contribution in [2.24, 2.45) is 0 Å². The first-order valence-electron chi connectivity index (χ1n) is 7.90. The number of fused-ring (bicyclic) bond motifs is 1. The molecule has 4 rings (SSSR count). The van der Waals surface area contributed by atoms with Crippen LogP contribution in [0.3, 0.4) is 0 Å². The van der Waals surface area contributed by atoms with Crippen LogP contribution >= 0.6 is 0 Å². The molecule has 0 saturated heterocycles. The molecule has 0 unspecified atom stereocenters. The van der Waals surface area contributed by atoms with Crippen LogP contribution in [-0.2, 0) is 19.6 Å². The van der Waals surface area contributed by atoms with E-state index >= 15 is 0 Å². The quantitative estimate of drug-likeness (QED) is 0.714. The van der Waals surface area contributed by atoms with Crippen LogP contribution in [0.15, 0.2) is 43.1 Å². The van der Waals surface area contributed by atoms with Crippen molar-refractivity contribution in [1.82, 2.24) is 29.2 Å². The first kappa shape index (κ1) is 15.1. The number of benzene rings is 1. The minimum absolute atomic E-state index is 0.0795. The Bertz CT molecular complexity index is 952. The molecular weight excluding hydrogens is 318 g/mol. The summed E-state index contributed by atoms with van der Waals surface area (Å²) in [6.07, 6.45) is 5.14. The second-order valence-electron chi connectivity index (χ2n) is 5.85. The Kier molecular flexibility index (Phi) is 3.74. The number of rotatable bonds is 3. The SMILES string of the molecule is N#Cc1cccc(C(=O)N2CCn3cc(Cn4cncn4)nc3C2)c1. The Hall–Kier alpha value is -3.47. The van der Waals surface area contributed by atoms with Gasteiger partial charge < -0.3 is 9.47 Å². The number of carbonyl (C=O) groups is 1. The van der Waals surface area contributed by atoms with Crippen molar-refractivity contribution in [2.75, 3.05) is 6.54 Å². The molecule has 1 amide bonds. The molecule has 3 aromatic rings. The molecule has 3 heterocycles. The van der Waals surface area contributed by atoms with Crippen LogP contribution in [0.1, 0.15) is 27.4 Å². The standard InChI is InChI=1S/C17H15N7O/c18-7-13-2-1-3-14(6-13)17(25)23-5-4-22-8-15(21-16(22)10-23)9-24-12-19-11-20-24/h1-3,6,8,11-12H,4-5,9-10H2. The summed E-state index contributed by atoms with van der Waals surface area (Å²) in [6, 6.07) is 8.85. The second kappa shape index (κ2) is 6.20. The average Bonchev–Trinajstić information content (AvgIpc) is 3.29. The van der Waals surface area contributed by atoms with Gasteiger partial charge in [0.05, 0.1) is 30.4 Å². The molecule has 8 nitrogen and oxygen atoms in total. The summed E-state index contributed by atoms with van der Waals surface area (Å²) in [6.45, 7) is 2.32. The lowest BCUT2D eigenvalue weighted by molar-refractivity contribution is 0.0707. The number of nitrogens with zero attached hydrogens (tertiary/aromatic N) is 7. The van der Waals surface area contributed by atoms with E-state index in [0.717, 1.165) is 11.5 Å². The first-order valence-corrected chi connectivity index (χ1v) is 7.90. The first-order chi connectivity index (χ1) is 12.2. The zero-order valence-electron chi connectivity index (χ0n) is 13.4. The monoisotopic (exact) mass is 333 g/mol. The van der Waals surface area contributed by atoms with Crippen molar-refractivity contribution in [3.05, 3.63) is 65.8 Å². The molecule has 1 aromatic carbocycles. The summed E-state index contributed by atoms with van der Waals surface area (Å²) in [4.78, 5) is 23.0. The zero-order valence-corrected chi connectivity index (χ0v) is 13.4. The fourth-order valence-electron chi connectivity index (χ4n) is 2.95. The van der Waals surface area contributed by atoms with E-state index < -0.39 is 0 Å². The van der Waals surface area contributed by atoms with Gasteiger partial charge in [0.25, 0.3) is 5.91 Å². The van der Waals surface area contributed by atoms with Crippen LogP contribution in [0.4, 0.5) is 0 Å². The Labute approximate surface area is 144 Å². The van der Waals surface area contributed by atoms with Crippen LogP contribution in [-0.4, -0.2) is 41.7 Å². The van der Waals surface area contributed by atoms with Gasteiger partial charge in [-0.15, -0.1) is 0 Å². The molecular formula is C17H15N7O. The van der Waals surface area contributed by atoms with Crippen LogP contribution in [0.2, 0.25) is 0 Å². The zero-order chi connectivity index (χ0) is 17.2. The Morgan fingerprint density at radius 2 is 2.24 bits per heavy atom. The summed E-state index contributed by atoms with van der Waals surface area (Å²) in [5.74, 6) is 0.773. The minimum Gasteiger partial charge on any atom is -0.331 e. The highest BCUT2D eigenvalue weighted by Gasteiger charge is 2.23. The molecule has 0 aliphatic carbocycles. The Balaban J connectivity index is 1.51. The van der Waals surface area contributed by atoms with E-state index in [2.05, 4.69) is 25.7 Å². The van der Waals surface area contributed by atoms with E-state index in [1.54, 1.807) is 40.2 Å². The van der Waals surface area contributed by atoms with Gasteiger partial charge in [-0.25, -0.2) is 14.6 Å². The van der Waals surface area contributed by atoms with Gasteiger partial charge in [-0.2, -0.15) is 10.4 Å². The van der Waals surface area contributed by atoms with Crippen molar-refractivity contribution in [2.45, 2.75) is 19.6 Å². The molecule has 0 radical (unpaired) electrons. The third-order valence-corrected chi connectivity index (χ3v) is 4.17. The van der Waals surface area contributed by atoms with Crippen molar-refractivity contribution in [3.8, 4) is 6.07 Å². The summed E-state index contributed by atoms with van der Waals surface area (Å²) in [5.41, 5.74) is 1.91. The summed E-state index contributed by atoms with van der Waals surface area (Å²) in [7, 11) is 0. The van der Waals surface area contributed by atoms with Crippen LogP contribution in [0.5, 0.6) is 0 Å². The predicted molar refractivity (Wildman–Crippen MR) is 87.2 cm³/mol. The van der Waals surface area contributed by atoms with Crippen molar-refractivity contribution < 1.29 is 4.79 Å². The van der Waals surface area contributed by atoms with Gasteiger partial charge >= 0.3 is 0 Å². The average molecular weight is 333 g/mol. The fraction of sp³-hybridized carbons (Fsp3) is 0.235. The highest BCUT2D eigenvalue weighted by atomic mass is 16.2. The van der Waals surface area contributed by atoms with E-state index in [9.17, 15) is 4.79 Å². The van der Waals surface area contributed by atoms with Crippen LogP contribution < -0.4 is 0 Å². The number of hydrogen-bond donors (Lipinski definition) is 0. The fourth-order valence-corrected chi connectivity index (χ4v) is 2.95. The van der Waals surface area contributed by atoms with E-state index in [-0.39, 0.29) is 5.91 Å². The van der Waals surface area contributed by atoms with E-state index in [1.807, 2.05) is 6.20 Å². The van der Waals surface area contributed by atoms with Gasteiger partial charge in [0.2, 0.25) is 0 Å². The lowest BCUT2D eigenvalue weighted by atomic mass is 10.1. The second-order valence-corrected chi connectivity index (χ2v) is 5.85. The van der Waals surface area contributed by atoms with Crippen LogP contribution in [0, 0.1) is 11.3 Å². The number of imidazole rings is 1. The molecule has 0 saturated carbocycles. The highest BCUT2D eigenvalue weighted by Crippen LogP contribution is 2.17. The molecule has 8 heteroatoms. The molecule has 124 valence electrons. The van der Waals surface area contributed by atoms with Gasteiger partial charge in [0.1, 0.15) is 18.5 Å².